The van der Waals surface area contributed by atoms with E-state index in [0.29, 0.717) is 18.9 Å². The molecule has 1 heterocycles. The first-order chi connectivity index (χ1) is 9.12. The lowest BCUT2D eigenvalue weighted by molar-refractivity contribution is -0.124. The molecule has 0 saturated carbocycles. The van der Waals surface area contributed by atoms with Crippen LogP contribution in [0.5, 0.6) is 0 Å². The van der Waals surface area contributed by atoms with Gasteiger partial charge in [-0.3, -0.25) is 15.1 Å². The molecule has 1 atom stereocenters. The van der Waals surface area contributed by atoms with Crippen LogP contribution in [0.2, 0.25) is 0 Å². The van der Waals surface area contributed by atoms with Gasteiger partial charge in [-0.2, -0.15) is 0 Å². The lowest BCUT2D eigenvalue weighted by atomic mass is 9.87. The van der Waals surface area contributed by atoms with Gasteiger partial charge in [0.25, 0.3) is 5.91 Å². The molecular formula is C14H18FN3O. The number of nitrogens with zero attached hydrogens (tertiary/aromatic N) is 1. The Morgan fingerprint density at radius 1 is 1.26 bits per heavy atom. The number of rotatable bonds is 4. The normalized spacial score (nSPS) is 24.4. The highest BCUT2D eigenvalue weighted by Crippen LogP contribution is 2.28. The SMILES string of the molecule is CCCN=C1NC(=O)C(CC)(c2ccc(F)cc2)N1. The highest BCUT2D eigenvalue weighted by molar-refractivity contribution is 6.09. The fraction of sp³-hybridized carbons (Fsp3) is 0.429. The summed E-state index contributed by atoms with van der Waals surface area (Å²) in [5.41, 5.74) is -0.101. The fourth-order valence-corrected chi connectivity index (χ4v) is 2.20. The predicted octanol–water partition coefficient (Wildman–Crippen LogP) is 1.92. The second kappa shape index (κ2) is 5.38. The lowest BCUT2D eigenvalue weighted by Gasteiger charge is -2.25. The molecule has 0 aliphatic carbocycles. The number of amides is 1. The van der Waals surface area contributed by atoms with E-state index in [0.717, 1.165) is 12.0 Å². The van der Waals surface area contributed by atoms with Crippen molar-refractivity contribution in [1.29, 1.82) is 0 Å². The van der Waals surface area contributed by atoms with E-state index >= 15 is 0 Å². The van der Waals surface area contributed by atoms with E-state index in [-0.39, 0.29) is 11.7 Å². The predicted molar refractivity (Wildman–Crippen MR) is 72.2 cm³/mol. The van der Waals surface area contributed by atoms with E-state index in [1.165, 1.54) is 12.1 Å². The van der Waals surface area contributed by atoms with Crippen molar-refractivity contribution in [2.45, 2.75) is 32.2 Å². The molecule has 0 spiro atoms. The highest BCUT2D eigenvalue weighted by Gasteiger charge is 2.45. The van der Waals surface area contributed by atoms with Crippen LogP contribution in [-0.2, 0) is 10.3 Å². The van der Waals surface area contributed by atoms with Gasteiger partial charge in [-0.15, -0.1) is 0 Å². The Balaban J connectivity index is 2.33. The van der Waals surface area contributed by atoms with Gasteiger partial charge >= 0.3 is 0 Å². The van der Waals surface area contributed by atoms with Gasteiger partial charge in [0.1, 0.15) is 11.4 Å². The van der Waals surface area contributed by atoms with Crippen LogP contribution in [0.4, 0.5) is 4.39 Å². The van der Waals surface area contributed by atoms with Crippen molar-refractivity contribution in [3.8, 4) is 0 Å². The first-order valence-electron chi connectivity index (χ1n) is 6.52. The van der Waals surface area contributed by atoms with Crippen LogP contribution in [0, 0.1) is 5.82 Å². The average Bonchev–Trinajstić information content (AvgIpc) is 2.74. The number of halogens is 1. The molecular weight excluding hydrogens is 245 g/mol. The minimum Gasteiger partial charge on any atom is -0.338 e. The van der Waals surface area contributed by atoms with E-state index in [2.05, 4.69) is 15.6 Å². The number of nitrogens with one attached hydrogen (secondary N) is 2. The van der Waals surface area contributed by atoms with Crippen LogP contribution in [0.15, 0.2) is 29.3 Å². The number of aliphatic imine (C=N–C) groups is 1. The first-order valence-corrected chi connectivity index (χ1v) is 6.52. The maximum atomic E-state index is 13.0. The Bertz CT molecular complexity index is 498. The van der Waals surface area contributed by atoms with Crippen LogP contribution in [0.1, 0.15) is 32.3 Å². The third kappa shape index (κ3) is 2.45. The zero-order chi connectivity index (χ0) is 13.9. The molecule has 5 heteroatoms. The van der Waals surface area contributed by atoms with Crippen molar-refractivity contribution in [1.82, 2.24) is 10.6 Å². The molecule has 1 aromatic rings. The zero-order valence-electron chi connectivity index (χ0n) is 11.2. The summed E-state index contributed by atoms with van der Waals surface area (Å²) in [7, 11) is 0. The van der Waals surface area contributed by atoms with E-state index in [4.69, 9.17) is 0 Å². The minimum absolute atomic E-state index is 0.142. The summed E-state index contributed by atoms with van der Waals surface area (Å²) in [6.07, 6.45) is 1.48. The maximum absolute atomic E-state index is 13.0. The summed E-state index contributed by atoms with van der Waals surface area (Å²) in [6.45, 7) is 4.60. The van der Waals surface area contributed by atoms with Gasteiger partial charge in [0, 0.05) is 6.54 Å². The number of guanidine groups is 1. The molecule has 1 amide bonds. The second-order valence-corrected chi connectivity index (χ2v) is 4.58. The standard InChI is InChI=1S/C14H18FN3O/c1-3-9-16-13-17-12(19)14(4-2,18-13)10-5-7-11(15)8-6-10/h5-8H,3-4,9H2,1-2H3,(H2,16,17,18,19). The molecule has 1 fully saturated rings. The van der Waals surface area contributed by atoms with Gasteiger partial charge in [0.15, 0.2) is 5.96 Å². The van der Waals surface area contributed by atoms with Crippen molar-refractivity contribution >= 4 is 11.9 Å². The van der Waals surface area contributed by atoms with Crippen LogP contribution in [0.25, 0.3) is 0 Å². The van der Waals surface area contributed by atoms with Crippen molar-refractivity contribution in [3.05, 3.63) is 35.6 Å². The first kappa shape index (κ1) is 13.5. The number of hydrogen-bond donors (Lipinski definition) is 2. The molecule has 1 aromatic carbocycles. The van der Waals surface area contributed by atoms with E-state index in [1.807, 2.05) is 13.8 Å². The van der Waals surface area contributed by atoms with Gasteiger partial charge in [0.2, 0.25) is 0 Å². The molecule has 1 aliphatic heterocycles. The second-order valence-electron chi connectivity index (χ2n) is 4.58. The summed E-state index contributed by atoms with van der Waals surface area (Å²) in [5, 5.41) is 5.89. The molecule has 0 radical (unpaired) electrons. The highest BCUT2D eigenvalue weighted by atomic mass is 19.1. The Morgan fingerprint density at radius 2 is 1.95 bits per heavy atom. The van der Waals surface area contributed by atoms with Crippen molar-refractivity contribution in [2.75, 3.05) is 6.54 Å². The van der Waals surface area contributed by atoms with Crippen LogP contribution >= 0.6 is 0 Å². The summed E-state index contributed by atoms with van der Waals surface area (Å²) in [5.74, 6) is 0.0442. The summed E-state index contributed by atoms with van der Waals surface area (Å²) >= 11 is 0. The molecule has 0 bridgehead atoms. The van der Waals surface area contributed by atoms with Crippen molar-refractivity contribution < 1.29 is 9.18 Å². The molecule has 1 unspecified atom stereocenters. The third-order valence-corrected chi connectivity index (χ3v) is 3.31. The Morgan fingerprint density at radius 3 is 2.53 bits per heavy atom. The molecule has 0 aromatic heterocycles. The topological polar surface area (TPSA) is 53.5 Å². The zero-order valence-corrected chi connectivity index (χ0v) is 11.2. The molecule has 4 nitrogen and oxygen atoms in total. The molecule has 102 valence electrons. The quantitative estimate of drug-likeness (QED) is 0.872. The Kier molecular flexibility index (Phi) is 3.83. The number of carbonyl (C=O) groups is 1. The monoisotopic (exact) mass is 263 g/mol. The minimum atomic E-state index is -0.847. The van der Waals surface area contributed by atoms with Crippen molar-refractivity contribution in [2.24, 2.45) is 4.99 Å². The van der Waals surface area contributed by atoms with E-state index in [9.17, 15) is 9.18 Å². The van der Waals surface area contributed by atoms with Crippen LogP contribution in [0.3, 0.4) is 0 Å². The summed E-state index contributed by atoms with van der Waals surface area (Å²) < 4.78 is 13.0. The lowest BCUT2D eigenvalue weighted by Crippen LogP contribution is -2.43. The Labute approximate surface area is 112 Å². The molecule has 2 N–H and O–H groups in total. The number of carbonyl (C=O) groups excluding carboxylic acids is 1. The van der Waals surface area contributed by atoms with Crippen LogP contribution < -0.4 is 10.6 Å². The smallest absolute Gasteiger partial charge is 0.257 e. The summed E-state index contributed by atoms with van der Waals surface area (Å²) in [6, 6.07) is 5.99. The van der Waals surface area contributed by atoms with E-state index < -0.39 is 5.54 Å². The van der Waals surface area contributed by atoms with Gasteiger partial charge in [-0.25, -0.2) is 4.39 Å². The molecule has 1 saturated heterocycles. The number of benzene rings is 1. The third-order valence-electron chi connectivity index (χ3n) is 3.31. The maximum Gasteiger partial charge on any atom is 0.257 e. The summed E-state index contributed by atoms with van der Waals surface area (Å²) in [4.78, 5) is 16.5. The average molecular weight is 263 g/mol. The molecule has 2 rings (SSSR count). The molecule has 19 heavy (non-hydrogen) atoms. The van der Waals surface area contributed by atoms with Gasteiger partial charge in [-0.05, 0) is 30.5 Å². The fourth-order valence-electron chi connectivity index (χ4n) is 2.20. The van der Waals surface area contributed by atoms with E-state index in [1.54, 1.807) is 12.1 Å². The van der Waals surface area contributed by atoms with Gasteiger partial charge in [-0.1, -0.05) is 26.0 Å². The van der Waals surface area contributed by atoms with Gasteiger partial charge in [0.05, 0.1) is 0 Å². The number of hydrogen-bond acceptors (Lipinski definition) is 2. The molecule has 1 aliphatic rings. The largest absolute Gasteiger partial charge is 0.338 e. The Hall–Kier alpha value is -1.91. The van der Waals surface area contributed by atoms with Gasteiger partial charge < -0.3 is 5.32 Å². The van der Waals surface area contributed by atoms with Crippen molar-refractivity contribution in [3.63, 3.8) is 0 Å². The van der Waals surface area contributed by atoms with Crippen LogP contribution in [-0.4, -0.2) is 18.4 Å².